The van der Waals surface area contributed by atoms with Crippen LogP contribution in [0, 0.1) is 12.8 Å². The molecule has 1 aliphatic heterocycles. The van der Waals surface area contributed by atoms with Gasteiger partial charge in [0.1, 0.15) is 0 Å². The van der Waals surface area contributed by atoms with E-state index in [9.17, 15) is 4.79 Å². The highest BCUT2D eigenvalue weighted by molar-refractivity contribution is 5.80. The smallest absolute Gasteiger partial charge is 0.241 e. The average molecular weight is 467 g/mol. The molecule has 1 aromatic heterocycles. The number of hydrogen-bond acceptors (Lipinski definition) is 5. The van der Waals surface area contributed by atoms with Crippen molar-refractivity contribution >= 4 is 5.91 Å². The summed E-state index contributed by atoms with van der Waals surface area (Å²) < 4.78 is 5.53. The van der Waals surface area contributed by atoms with Crippen molar-refractivity contribution in [2.45, 2.75) is 32.4 Å². The van der Waals surface area contributed by atoms with Crippen molar-refractivity contribution < 1.29 is 9.32 Å². The monoisotopic (exact) mass is 466 g/mol. The molecule has 0 aliphatic carbocycles. The molecule has 1 amide bonds. The number of carbonyl (C=O) groups is 1. The lowest BCUT2D eigenvalue weighted by molar-refractivity contribution is -0.127. The SMILES string of the molecule is Cc1cccc(-c2noc(CN3CCCC(C(=O)NC(c4ccccc4)c4ccccc4)C3)n2)c1. The van der Waals surface area contributed by atoms with E-state index in [1.807, 2.05) is 67.6 Å². The predicted molar refractivity (Wildman–Crippen MR) is 135 cm³/mol. The number of carbonyl (C=O) groups excluding carboxylic acids is 1. The summed E-state index contributed by atoms with van der Waals surface area (Å²) in [7, 11) is 0. The molecular weight excluding hydrogens is 436 g/mol. The molecule has 178 valence electrons. The lowest BCUT2D eigenvalue weighted by Gasteiger charge is -2.32. The Hall–Kier alpha value is -3.77. The van der Waals surface area contributed by atoms with Crippen LogP contribution >= 0.6 is 0 Å². The highest BCUT2D eigenvalue weighted by Gasteiger charge is 2.29. The zero-order valence-corrected chi connectivity index (χ0v) is 19.9. The summed E-state index contributed by atoms with van der Waals surface area (Å²) in [6, 6.07) is 28.2. The van der Waals surface area contributed by atoms with Gasteiger partial charge in [-0.15, -0.1) is 0 Å². The van der Waals surface area contributed by atoms with Crippen molar-refractivity contribution in [1.29, 1.82) is 0 Å². The van der Waals surface area contributed by atoms with E-state index >= 15 is 0 Å². The lowest BCUT2D eigenvalue weighted by atomic mass is 9.94. The third-order valence-electron chi connectivity index (χ3n) is 6.53. The first-order chi connectivity index (χ1) is 17.2. The van der Waals surface area contributed by atoms with Gasteiger partial charge in [-0.1, -0.05) is 89.6 Å². The number of benzene rings is 3. The molecule has 1 aliphatic rings. The molecule has 0 saturated carbocycles. The van der Waals surface area contributed by atoms with Crippen LogP contribution in [0.1, 0.15) is 41.5 Å². The third-order valence-corrected chi connectivity index (χ3v) is 6.53. The molecule has 4 aromatic rings. The summed E-state index contributed by atoms with van der Waals surface area (Å²) in [5.74, 6) is 1.17. The number of aryl methyl sites for hydroxylation is 1. The van der Waals surface area contributed by atoms with E-state index in [2.05, 4.69) is 44.6 Å². The van der Waals surface area contributed by atoms with E-state index in [4.69, 9.17) is 4.52 Å². The average Bonchev–Trinajstić information content (AvgIpc) is 3.37. The fraction of sp³-hybridized carbons (Fsp3) is 0.276. The van der Waals surface area contributed by atoms with Gasteiger partial charge in [-0.2, -0.15) is 4.98 Å². The second kappa shape index (κ2) is 10.7. The van der Waals surface area contributed by atoms with E-state index in [-0.39, 0.29) is 17.9 Å². The maximum atomic E-state index is 13.4. The van der Waals surface area contributed by atoms with Crippen LogP contribution in [0.3, 0.4) is 0 Å². The van der Waals surface area contributed by atoms with Crippen LogP contribution in [0.4, 0.5) is 0 Å². The van der Waals surface area contributed by atoms with E-state index in [1.165, 1.54) is 0 Å². The van der Waals surface area contributed by atoms with Gasteiger partial charge in [-0.05, 0) is 43.5 Å². The Morgan fingerprint density at radius 3 is 2.43 bits per heavy atom. The highest BCUT2D eigenvalue weighted by Crippen LogP contribution is 2.25. The van der Waals surface area contributed by atoms with Crippen LogP contribution in [0.15, 0.2) is 89.5 Å². The van der Waals surface area contributed by atoms with Crippen LogP contribution in [0.5, 0.6) is 0 Å². The van der Waals surface area contributed by atoms with Crippen molar-refractivity contribution in [3.8, 4) is 11.4 Å². The summed E-state index contributed by atoms with van der Waals surface area (Å²) in [6.45, 7) is 4.17. The van der Waals surface area contributed by atoms with E-state index < -0.39 is 0 Å². The molecule has 1 N–H and O–H groups in total. The largest absolute Gasteiger partial charge is 0.345 e. The van der Waals surface area contributed by atoms with Gasteiger partial charge in [0.15, 0.2) is 0 Å². The van der Waals surface area contributed by atoms with Crippen LogP contribution in [-0.2, 0) is 11.3 Å². The molecule has 1 fully saturated rings. The van der Waals surface area contributed by atoms with Gasteiger partial charge >= 0.3 is 0 Å². The second-order valence-corrected chi connectivity index (χ2v) is 9.22. The number of rotatable bonds is 7. The molecular formula is C29H30N4O2. The molecule has 6 nitrogen and oxygen atoms in total. The Morgan fingerprint density at radius 1 is 1.03 bits per heavy atom. The molecule has 0 bridgehead atoms. The fourth-order valence-corrected chi connectivity index (χ4v) is 4.74. The summed E-state index contributed by atoms with van der Waals surface area (Å²) in [6.07, 6.45) is 1.83. The first-order valence-electron chi connectivity index (χ1n) is 12.2. The Morgan fingerprint density at radius 2 is 1.74 bits per heavy atom. The van der Waals surface area contributed by atoms with Crippen molar-refractivity contribution in [1.82, 2.24) is 20.4 Å². The van der Waals surface area contributed by atoms with Gasteiger partial charge in [-0.25, -0.2) is 0 Å². The Labute approximate surface area is 206 Å². The number of piperidine rings is 1. The molecule has 3 aromatic carbocycles. The summed E-state index contributed by atoms with van der Waals surface area (Å²) in [5.41, 5.74) is 4.26. The van der Waals surface area contributed by atoms with Gasteiger partial charge in [0.05, 0.1) is 18.5 Å². The molecule has 35 heavy (non-hydrogen) atoms. The van der Waals surface area contributed by atoms with Gasteiger partial charge in [0.2, 0.25) is 17.6 Å². The number of nitrogens with one attached hydrogen (secondary N) is 1. The van der Waals surface area contributed by atoms with Gasteiger partial charge in [0, 0.05) is 12.1 Å². The second-order valence-electron chi connectivity index (χ2n) is 9.22. The normalized spacial score (nSPS) is 16.3. The van der Waals surface area contributed by atoms with E-state index in [1.54, 1.807) is 0 Å². The Kier molecular flexibility index (Phi) is 7.00. The third kappa shape index (κ3) is 5.66. The fourth-order valence-electron chi connectivity index (χ4n) is 4.74. The standard InChI is InChI=1S/C29H30N4O2/c1-21-10-8-15-24(18-21)28-30-26(35-32-28)20-33-17-9-16-25(19-33)29(34)31-27(22-11-4-2-5-12-22)23-13-6-3-7-14-23/h2-8,10-15,18,25,27H,9,16-17,19-20H2,1H3,(H,31,34). The van der Waals surface area contributed by atoms with Crippen molar-refractivity contribution in [3.05, 3.63) is 108 Å². The molecule has 1 atom stereocenters. The first kappa shape index (κ1) is 23.0. The molecule has 6 heteroatoms. The summed E-state index contributed by atoms with van der Waals surface area (Å²) in [5, 5.41) is 7.48. The molecule has 0 radical (unpaired) electrons. The Balaban J connectivity index is 1.25. The van der Waals surface area contributed by atoms with Crippen LogP contribution in [0.25, 0.3) is 11.4 Å². The minimum Gasteiger partial charge on any atom is -0.345 e. The Bertz CT molecular complexity index is 1220. The molecule has 1 unspecified atom stereocenters. The zero-order valence-electron chi connectivity index (χ0n) is 19.9. The van der Waals surface area contributed by atoms with Gasteiger partial charge in [0.25, 0.3) is 0 Å². The van der Waals surface area contributed by atoms with E-state index in [0.29, 0.717) is 24.8 Å². The zero-order chi connectivity index (χ0) is 24.0. The number of nitrogens with zero attached hydrogens (tertiary/aromatic N) is 3. The minimum atomic E-state index is -0.173. The van der Waals surface area contributed by atoms with Crippen LogP contribution in [-0.4, -0.2) is 34.0 Å². The molecule has 1 saturated heterocycles. The molecule has 5 rings (SSSR count). The quantitative estimate of drug-likeness (QED) is 0.407. The van der Waals surface area contributed by atoms with Gasteiger partial charge < -0.3 is 9.84 Å². The maximum Gasteiger partial charge on any atom is 0.241 e. The van der Waals surface area contributed by atoms with Crippen molar-refractivity contribution in [2.75, 3.05) is 13.1 Å². The lowest BCUT2D eigenvalue weighted by Crippen LogP contribution is -2.43. The maximum absolute atomic E-state index is 13.4. The van der Waals surface area contributed by atoms with Crippen LogP contribution < -0.4 is 5.32 Å². The topological polar surface area (TPSA) is 71.3 Å². The van der Waals surface area contributed by atoms with Crippen molar-refractivity contribution in [2.24, 2.45) is 5.92 Å². The predicted octanol–water partition coefficient (Wildman–Crippen LogP) is 5.16. The van der Waals surface area contributed by atoms with Gasteiger partial charge in [-0.3, -0.25) is 9.69 Å². The summed E-state index contributed by atoms with van der Waals surface area (Å²) >= 11 is 0. The van der Waals surface area contributed by atoms with Crippen molar-refractivity contribution in [3.63, 3.8) is 0 Å². The molecule has 0 spiro atoms. The number of aromatic nitrogens is 2. The van der Waals surface area contributed by atoms with Crippen LogP contribution in [0.2, 0.25) is 0 Å². The number of hydrogen-bond donors (Lipinski definition) is 1. The summed E-state index contributed by atoms with van der Waals surface area (Å²) in [4.78, 5) is 20.2. The molecule has 2 heterocycles. The first-order valence-corrected chi connectivity index (χ1v) is 12.2. The highest BCUT2D eigenvalue weighted by atomic mass is 16.5. The number of amides is 1. The van der Waals surface area contributed by atoms with E-state index in [0.717, 1.165) is 41.6 Å². The number of likely N-dealkylation sites (tertiary alicyclic amines) is 1. The minimum absolute atomic E-state index is 0.0818.